The van der Waals surface area contributed by atoms with Gasteiger partial charge in [0.1, 0.15) is 5.54 Å². The Morgan fingerprint density at radius 3 is 2.52 bits per heavy atom. The molecule has 0 aromatic heterocycles. The molecule has 1 N–H and O–H groups in total. The molecule has 2 amide bonds. The number of carbonyl (C=O) groups excluding carboxylic acids is 3. The van der Waals surface area contributed by atoms with Gasteiger partial charge < -0.3 is 10.1 Å². The molecule has 0 saturated carbocycles. The summed E-state index contributed by atoms with van der Waals surface area (Å²) in [5, 5.41) is 11.2. The SMILES string of the molecule is CNC12C(=O)N(c3ccc(C#N)c(C(F)(F)F)c3)C(=O)C1C1(C)OC2(C)CC1C(=O)Cl. The summed E-state index contributed by atoms with van der Waals surface area (Å²) >= 11 is 5.75. The number of hydrogen-bond acceptors (Lipinski definition) is 6. The van der Waals surface area contributed by atoms with Gasteiger partial charge in [-0.2, -0.15) is 18.4 Å². The van der Waals surface area contributed by atoms with E-state index in [0.717, 1.165) is 12.1 Å². The van der Waals surface area contributed by atoms with E-state index in [1.165, 1.54) is 20.0 Å². The summed E-state index contributed by atoms with van der Waals surface area (Å²) < 4.78 is 46.4. The van der Waals surface area contributed by atoms with E-state index in [4.69, 9.17) is 21.6 Å². The fourth-order valence-electron chi connectivity index (χ4n) is 5.68. The van der Waals surface area contributed by atoms with Crippen LogP contribution in [0.1, 0.15) is 31.4 Å². The van der Waals surface area contributed by atoms with Crippen LogP contribution < -0.4 is 10.2 Å². The summed E-state index contributed by atoms with van der Waals surface area (Å²) in [7, 11) is 1.46. The zero-order valence-electron chi connectivity index (χ0n) is 16.6. The van der Waals surface area contributed by atoms with Gasteiger partial charge in [0.05, 0.1) is 45.9 Å². The van der Waals surface area contributed by atoms with Gasteiger partial charge >= 0.3 is 6.18 Å². The standard InChI is InChI=1S/C20H17ClF3N3O4/c1-17-7-12(14(21)28)18(2,31-17)13-15(29)27(16(30)19(13,17)26-3)10-5-4-9(8-25)11(6-10)20(22,23)24/h4-6,12-13,26H,7H2,1-3H3. The summed E-state index contributed by atoms with van der Waals surface area (Å²) in [5.74, 6) is -3.64. The molecule has 1 aromatic carbocycles. The molecule has 0 radical (unpaired) electrons. The number of rotatable bonds is 3. The molecule has 0 spiro atoms. The molecular weight excluding hydrogens is 439 g/mol. The number of benzene rings is 1. The van der Waals surface area contributed by atoms with Crippen molar-refractivity contribution in [2.75, 3.05) is 11.9 Å². The fourth-order valence-corrected chi connectivity index (χ4v) is 5.98. The third kappa shape index (κ3) is 2.45. The normalized spacial score (nSPS) is 36.6. The highest BCUT2D eigenvalue weighted by molar-refractivity contribution is 6.64. The van der Waals surface area contributed by atoms with E-state index in [1.54, 1.807) is 6.92 Å². The van der Waals surface area contributed by atoms with Gasteiger partial charge in [-0.3, -0.25) is 14.4 Å². The van der Waals surface area contributed by atoms with Crippen LogP contribution >= 0.6 is 11.6 Å². The maximum Gasteiger partial charge on any atom is 0.417 e. The Kier molecular flexibility index (Phi) is 4.40. The molecule has 5 atom stereocenters. The minimum absolute atomic E-state index is 0.0667. The second-order valence-electron chi connectivity index (χ2n) is 8.39. The van der Waals surface area contributed by atoms with Crippen molar-refractivity contribution >= 4 is 34.3 Å². The summed E-state index contributed by atoms with van der Waals surface area (Å²) in [6.07, 6.45) is -4.79. The number of nitriles is 1. The van der Waals surface area contributed by atoms with Crippen LogP contribution in [0.15, 0.2) is 18.2 Å². The Labute approximate surface area is 180 Å². The van der Waals surface area contributed by atoms with Crippen molar-refractivity contribution in [1.82, 2.24) is 5.32 Å². The molecule has 3 saturated heterocycles. The minimum Gasteiger partial charge on any atom is -0.365 e. The molecule has 3 fully saturated rings. The molecule has 1 aromatic rings. The van der Waals surface area contributed by atoms with Crippen LogP contribution in [0.4, 0.5) is 18.9 Å². The van der Waals surface area contributed by atoms with Crippen LogP contribution in [0.5, 0.6) is 0 Å². The predicted molar refractivity (Wildman–Crippen MR) is 101 cm³/mol. The van der Waals surface area contributed by atoms with E-state index >= 15 is 0 Å². The zero-order chi connectivity index (χ0) is 23.1. The Morgan fingerprint density at radius 1 is 1.35 bits per heavy atom. The highest BCUT2D eigenvalue weighted by Gasteiger charge is 2.84. The fraction of sp³-hybridized carbons (Fsp3) is 0.500. The number of nitrogens with one attached hydrogen (secondary N) is 1. The van der Waals surface area contributed by atoms with Gasteiger partial charge in [0.2, 0.25) is 11.1 Å². The Morgan fingerprint density at radius 2 is 2.00 bits per heavy atom. The lowest BCUT2D eigenvalue weighted by atomic mass is 9.59. The van der Waals surface area contributed by atoms with Crippen molar-refractivity contribution < 1.29 is 32.3 Å². The van der Waals surface area contributed by atoms with Crippen LogP contribution in [0, 0.1) is 23.2 Å². The first-order valence-electron chi connectivity index (χ1n) is 9.36. The maximum atomic E-state index is 13.6. The largest absolute Gasteiger partial charge is 0.417 e. The predicted octanol–water partition coefficient (Wildman–Crippen LogP) is 2.36. The van der Waals surface area contributed by atoms with Gasteiger partial charge in [-0.1, -0.05) is 0 Å². The number of ether oxygens (including phenoxy) is 1. The number of amides is 2. The Hall–Kier alpha value is -2.48. The number of carbonyl (C=O) groups is 3. The van der Waals surface area contributed by atoms with Crippen LogP contribution in [0.3, 0.4) is 0 Å². The average Bonchev–Trinajstić information content (AvgIpc) is 3.18. The van der Waals surface area contributed by atoms with E-state index in [2.05, 4.69) is 5.32 Å². The Balaban J connectivity index is 1.89. The number of alkyl halides is 3. The number of imide groups is 1. The average molecular weight is 456 g/mol. The van der Waals surface area contributed by atoms with Gasteiger partial charge in [-0.15, -0.1) is 0 Å². The number of fused-ring (bicyclic) bond motifs is 5. The number of likely N-dealkylation sites (N-methyl/N-ethyl adjacent to an activating group) is 1. The monoisotopic (exact) mass is 455 g/mol. The first kappa shape index (κ1) is 21.7. The van der Waals surface area contributed by atoms with E-state index in [9.17, 15) is 27.6 Å². The zero-order valence-corrected chi connectivity index (χ0v) is 17.4. The first-order valence-corrected chi connectivity index (χ1v) is 9.74. The minimum atomic E-state index is -4.86. The molecule has 7 nitrogen and oxygen atoms in total. The third-order valence-electron chi connectivity index (χ3n) is 6.93. The van der Waals surface area contributed by atoms with E-state index in [-0.39, 0.29) is 12.1 Å². The lowest BCUT2D eigenvalue weighted by Crippen LogP contribution is -2.68. The van der Waals surface area contributed by atoms with Crippen molar-refractivity contribution in [1.29, 1.82) is 5.26 Å². The van der Waals surface area contributed by atoms with Gasteiger partial charge in [-0.25, -0.2) is 4.90 Å². The quantitative estimate of drug-likeness (QED) is 0.555. The molecule has 3 aliphatic heterocycles. The molecule has 31 heavy (non-hydrogen) atoms. The van der Waals surface area contributed by atoms with Crippen molar-refractivity contribution in [3.05, 3.63) is 29.3 Å². The van der Waals surface area contributed by atoms with E-state index in [0.29, 0.717) is 11.0 Å². The van der Waals surface area contributed by atoms with Crippen LogP contribution in [-0.2, 0) is 25.3 Å². The summed E-state index contributed by atoms with van der Waals surface area (Å²) in [6.45, 7) is 3.09. The van der Waals surface area contributed by atoms with Crippen molar-refractivity contribution in [2.45, 2.75) is 43.2 Å². The second kappa shape index (κ2) is 6.28. The molecule has 5 unspecified atom stereocenters. The number of halogens is 4. The van der Waals surface area contributed by atoms with Crippen LogP contribution in [0.2, 0.25) is 0 Å². The lowest BCUT2D eigenvalue weighted by Gasteiger charge is -2.42. The third-order valence-corrected chi connectivity index (χ3v) is 7.20. The molecule has 2 bridgehead atoms. The maximum absolute atomic E-state index is 13.6. The second-order valence-corrected chi connectivity index (χ2v) is 8.76. The number of nitrogens with zero attached hydrogens (tertiary/aromatic N) is 2. The van der Waals surface area contributed by atoms with E-state index < -0.39 is 62.9 Å². The van der Waals surface area contributed by atoms with E-state index in [1.807, 2.05) is 0 Å². The number of hydrogen-bond donors (Lipinski definition) is 1. The smallest absolute Gasteiger partial charge is 0.365 e. The molecular formula is C20H17ClF3N3O4. The van der Waals surface area contributed by atoms with Gasteiger partial charge in [0.25, 0.3) is 5.91 Å². The molecule has 164 valence electrons. The molecule has 0 aliphatic carbocycles. The van der Waals surface area contributed by atoms with Crippen molar-refractivity contribution in [3.8, 4) is 6.07 Å². The van der Waals surface area contributed by atoms with Gasteiger partial charge in [-0.05, 0) is 57.1 Å². The van der Waals surface area contributed by atoms with Crippen LogP contribution in [-0.4, -0.2) is 40.8 Å². The summed E-state index contributed by atoms with van der Waals surface area (Å²) in [4.78, 5) is 39.8. The van der Waals surface area contributed by atoms with Crippen molar-refractivity contribution in [3.63, 3.8) is 0 Å². The first-order chi connectivity index (χ1) is 14.3. The molecule has 3 aliphatic rings. The molecule has 11 heteroatoms. The number of anilines is 1. The van der Waals surface area contributed by atoms with Crippen LogP contribution in [0.25, 0.3) is 0 Å². The summed E-state index contributed by atoms with van der Waals surface area (Å²) in [6, 6.07) is 4.10. The highest BCUT2D eigenvalue weighted by Crippen LogP contribution is 2.65. The lowest BCUT2D eigenvalue weighted by molar-refractivity contribution is -0.138. The molecule has 4 rings (SSSR count). The topological polar surface area (TPSA) is 99.5 Å². The molecule has 3 heterocycles. The van der Waals surface area contributed by atoms with Crippen molar-refractivity contribution in [2.24, 2.45) is 11.8 Å². The highest BCUT2D eigenvalue weighted by atomic mass is 35.5. The van der Waals surface area contributed by atoms with Gasteiger partial charge in [0, 0.05) is 0 Å². The van der Waals surface area contributed by atoms with Gasteiger partial charge in [0.15, 0.2) is 0 Å². The Bertz CT molecular complexity index is 1090. The summed E-state index contributed by atoms with van der Waals surface area (Å²) in [5.41, 5.74) is -6.50.